The van der Waals surface area contributed by atoms with Crippen molar-refractivity contribution in [2.45, 2.75) is 19.8 Å². The number of benzene rings is 1. The number of aryl methyl sites for hydroxylation is 2. The summed E-state index contributed by atoms with van der Waals surface area (Å²) in [5, 5.41) is 13.0. The Kier molecular flexibility index (Phi) is 5.44. The van der Waals surface area contributed by atoms with Crippen LogP contribution in [-0.2, 0) is 0 Å². The van der Waals surface area contributed by atoms with Gasteiger partial charge in [0, 0.05) is 38.0 Å². The number of carbonyl (C=O) groups is 2. The molecule has 1 N–H and O–H groups in total. The van der Waals surface area contributed by atoms with Crippen molar-refractivity contribution in [1.82, 2.24) is 20.4 Å². The quantitative estimate of drug-likeness (QED) is 0.698. The standard InChI is InChI=1S/C21H22N4O3S/c1-13-8-9-29-18(13)21(27)25-11-16(17(12-25)20-24-23-14(2)28-20)10-22-19(26)15-6-4-3-5-7-15/h3-9,16-17H,10-12H2,1-2H3,(H,22,26)/t16-,17-/m0/s1. The van der Waals surface area contributed by atoms with Crippen LogP contribution < -0.4 is 5.32 Å². The predicted molar refractivity (Wildman–Crippen MR) is 109 cm³/mol. The fourth-order valence-electron chi connectivity index (χ4n) is 3.64. The zero-order valence-electron chi connectivity index (χ0n) is 16.3. The van der Waals surface area contributed by atoms with Crippen LogP contribution in [0.25, 0.3) is 0 Å². The van der Waals surface area contributed by atoms with Gasteiger partial charge in [0.1, 0.15) is 0 Å². The summed E-state index contributed by atoms with van der Waals surface area (Å²) in [6, 6.07) is 11.0. The van der Waals surface area contributed by atoms with Gasteiger partial charge in [0.05, 0.1) is 10.8 Å². The van der Waals surface area contributed by atoms with Crippen LogP contribution in [0.5, 0.6) is 0 Å². The highest BCUT2D eigenvalue weighted by atomic mass is 32.1. The fourth-order valence-corrected chi connectivity index (χ4v) is 4.53. The number of amides is 2. The predicted octanol–water partition coefficient (Wildman–Crippen LogP) is 3.03. The molecule has 3 heterocycles. The van der Waals surface area contributed by atoms with Gasteiger partial charge in [-0.1, -0.05) is 18.2 Å². The van der Waals surface area contributed by atoms with E-state index in [0.29, 0.717) is 37.0 Å². The van der Waals surface area contributed by atoms with Gasteiger partial charge < -0.3 is 14.6 Å². The average molecular weight is 410 g/mol. The van der Waals surface area contributed by atoms with Crippen molar-refractivity contribution in [3.8, 4) is 0 Å². The number of likely N-dealkylation sites (tertiary alicyclic amines) is 1. The zero-order valence-corrected chi connectivity index (χ0v) is 17.1. The molecular weight excluding hydrogens is 388 g/mol. The van der Waals surface area contributed by atoms with E-state index in [2.05, 4.69) is 15.5 Å². The topological polar surface area (TPSA) is 88.3 Å². The minimum Gasteiger partial charge on any atom is -0.425 e. The normalized spacial score (nSPS) is 18.8. The molecule has 2 aromatic heterocycles. The molecule has 0 unspecified atom stereocenters. The number of hydrogen-bond donors (Lipinski definition) is 1. The van der Waals surface area contributed by atoms with Gasteiger partial charge in [-0.2, -0.15) is 0 Å². The molecule has 29 heavy (non-hydrogen) atoms. The second kappa shape index (κ2) is 8.16. The van der Waals surface area contributed by atoms with Gasteiger partial charge >= 0.3 is 0 Å². The largest absolute Gasteiger partial charge is 0.425 e. The maximum Gasteiger partial charge on any atom is 0.264 e. The summed E-state index contributed by atoms with van der Waals surface area (Å²) in [6.07, 6.45) is 0. The molecule has 2 atom stereocenters. The van der Waals surface area contributed by atoms with Crippen molar-refractivity contribution in [2.75, 3.05) is 19.6 Å². The van der Waals surface area contributed by atoms with E-state index in [-0.39, 0.29) is 23.7 Å². The average Bonchev–Trinajstić information content (AvgIpc) is 3.46. The Morgan fingerprint density at radius 1 is 1.17 bits per heavy atom. The molecule has 1 saturated heterocycles. The van der Waals surface area contributed by atoms with Gasteiger partial charge in [-0.05, 0) is 36.1 Å². The van der Waals surface area contributed by atoms with E-state index < -0.39 is 0 Å². The number of aromatic nitrogens is 2. The Hall–Kier alpha value is -3.00. The number of thiophene rings is 1. The number of hydrogen-bond acceptors (Lipinski definition) is 6. The summed E-state index contributed by atoms with van der Waals surface area (Å²) in [7, 11) is 0. The van der Waals surface area contributed by atoms with Crippen molar-refractivity contribution in [2.24, 2.45) is 5.92 Å². The highest BCUT2D eigenvalue weighted by Crippen LogP contribution is 2.33. The number of nitrogens with one attached hydrogen (secondary N) is 1. The zero-order chi connectivity index (χ0) is 20.4. The Labute approximate surface area is 172 Å². The van der Waals surface area contributed by atoms with E-state index in [0.717, 1.165) is 10.4 Å². The monoisotopic (exact) mass is 410 g/mol. The lowest BCUT2D eigenvalue weighted by Crippen LogP contribution is -2.33. The van der Waals surface area contributed by atoms with Crippen LogP contribution in [0.3, 0.4) is 0 Å². The molecule has 1 aliphatic heterocycles. The highest BCUT2D eigenvalue weighted by Gasteiger charge is 2.40. The van der Waals surface area contributed by atoms with Crippen molar-refractivity contribution >= 4 is 23.2 Å². The van der Waals surface area contributed by atoms with Crippen molar-refractivity contribution in [1.29, 1.82) is 0 Å². The Bertz CT molecular complexity index is 1010. The molecule has 0 radical (unpaired) electrons. The highest BCUT2D eigenvalue weighted by molar-refractivity contribution is 7.12. The van der Waals surface area contributed by atoms with Crippen LogP contribution in [0.1, 0.15) is 43.3 Å². The summed E-state index contributed by atoms with van der Waals surface area (Å²) >= 11 is 1.45. The van der Waals surface area contributed by atoms with Crippen molar-refractivity contribution < 1.29 is 14.0 Å². The minimum atomic E-state index is -0.134. The van der Waals surface area contributed by atoms with Gasteiger partial charge in [-0.15, -0.1) is 21.5 Å². The van der Waals surface area contributed by atoms with Crippen LogP contribution in [-0.4, -0.2) is 46.5 Å². The molecule has 7 nitrogen and oxygen atoms in total. The molecule has 8 heteroatoms. The second-order valence-corrected chi connectivity index (χ2v) is 8.16. The summed E-state index contributed by atoms with van der Waals surface area (Å²) < 4.78 is 5.66. The van der Waals surface area contributed by atoms with E-state index in [1.807, 2.05) is 41.5 Å². The fraction of sp³-hybridized carbons (Fsp3) is 0.333. The van der Waals surface area contributed by atoms with Gasteiger partial charge in [0.2, 0.25) is 11.8 Å². The van der Waals surface area contributed by atoms with E-state index in [9.17, 15) is 9.59 Å². The summed E-state index contributed by atoms with van der Waals surface area (Å²) in [5.74, 6) is 0.759. The molecule has 1 aromatic carbocycles. The minimum absolute atomic E-state index is 0.00766. The summed E-state index contributed by atoms with van der Waals surface area (Å²) in [6.45, 7) is 5.12. The van der Waals surface area contributed by atoms with Crippen LogP contribution in [0.4, 0.5) is 0 Å². The molecule has 2 amide bonds. The summed E-state index contributed by atoms with van der Waals surface area (Å²) in [5.41, 5.74) is 1.59. The molecular formula is C21H22N4O3S. The van der Waals surface area contributed by atoms with E-state index >= 15 is 0 Å². The lowest BCUT2D eigenvalue weighted by atomic mass is 9.96. The second-order valence-electron chi connectivity index (χ2n) is 7.24. The van der Waals surface area contributed by atoms with E-state index in [1.54, 1.807) is 19.1 Å². The first-order valence-corrected chi connectivity index (χ1v) is 10.4. The molecule has 1 fully saturated rings. The molecule has 3 aromatic rings. The number of nitrogens with zero attached hydrogens (tertiary/aromatic N) is 3. The summed E-state index contributed by atoms with van der Waals surface area (Å²) in [4.78, 5) is 28.0. The first-order chi connectivity index (χ1) is 14.0. The van der Waals surface area contributed by atoms with Crippen LogP contribution in [0.15, 0.2) is 46.2 Å². The molecule has 1 aliphatic rings. The molecule has 0 aliphatic carbocycles. The van der Waals surface area contributed by atoms with Gasteiger partial charge in [-0.25, -0.2) is 0 Å². The maximum absolute atomic E-state index is 13.0. The maximum atomic E-state index is 13.0. The van der Waals surface area contributed by atoms with Gasteiger partial charge in [0.25, 0.3) is 11.8 Å². The lowest BCUT2D eigenvalue weighted by molar-refractivity contribution is 0.0789. The molecule has 0 saturated carbocycles. The third kappa shape index (κ3) is 4.07. The Balaban J connectivity index is 1.50. The van der Waals surface area contributed by atoms with Crippen LogP contribution in [0, 0.1) is 19.8 Å². The first kappa shape index (κ1) is 19.3. The third-order valence-corrected chi connectivity index (χ3v) is 6.21. The third-order valence-electron chi connectivity index (χ3n) is 5.20. The smallest absolute Gasteiger partial charge is 0.264 e. The lowest BCUT2D eigenvalue weighted by Gasteiger charge is -2.16. The molecule has 150 valence electrons. The van der Waals surface area contributed by atoms with Gasteiger partial charge in [0.15, 0.2) is 0 Å². The molecule has 0 bridgehead atoms. The van der Waals surface area contributed by atoms with Crippen molar-refractivity contribution in [3.63, 3.8) is 0 Å². The van der Waals surface area contributed by atoms with Gasteiger partial charge in [-0.3, -0.25) is 9.59 Å². The molecule has 4 rings (SSSR count). The number of rotatable bonds is 5. The first-order valence-electron chi connectivity index (χ1n) is 9.49. The van der Waals surface area contributed by atoms with Crippen LogP contribution in [0.2, 0.25) is 0 Å². The Morgan fingerprint density at radius 2 is 1.97 bits per heavy atom. The SMILES string of the molecule is Cc1nnc([C@H]2CN(C(=O)c3sccc3C)C[C@@H]2CNC(=O)c2ccccc2)o1. The van der Waals surface area contributed by atoms with E-state index in [4.69, 9.17) is 4.42 Å². The molecule has 0 spiro atoms. The Morgan fingerprint density at radius 3 is 2.62 bits per heavy atom. The number of carbonyl (C=O) groups excluding carboxylic acids is 2. The van der Waals surface area contributed by atoms with E-state index in [1.165, 1.54) is 11.3 Å². The van der Waals surface area contributed by atoms with Crippen LogP contribution >= 0.6 is 11.3 Å². The van der Waals surface area contributed by atoms with Crippen molar-refractivity contribution in [3.05, 3.63) is 69.6 Å².